The molecule has 6 heteroatoms. The van der Waals surface area contributed by atoms with Gasteiger partial charge in [-0.25, -0.2) is 17.1 Å². The Morgan fingerprint density at radius 1 is 1.45 bits per heavy atom. The average molecular weight is 301 g/mol. The lowest BCUT2D eigenvalue weighted by molar-refractivity contribution is 0.180. The van der Waals surface area contributed by atoms with E-state index >= 15 is 0 Å². The van der Waals surface area contributed by atoms with Crippen LogP contribution in [0.15, 0.2) is 18.2 Å². The van der Waals surface area contributed by atoms with Gasteiger partial charge < -0.3 is 4.74 Å². The van der Waals surface area contributed by atoms with Gasteiger partial charge in [-0.05, 0) is 43.5 Å². The van der Waals surface area contributed by atoms with E-state index in [1.165, 1.54) is 22.7 Å². The van der Waals surface area contributed by atoms with Crippen molar-refractivity contribution in [1.82, 2.24) is 4.31 Å². The number of ether oxygens (including phenoxy) is 1. The van der Waals surface area contributed by atoms with Gasteiger partial charge in [-0.2, -0.15) is 0 Å². The number of sulfonamides is 1. The number of piperidine rings is 1. The molecule has 0 radical (unpaired) electrons. The van der Waals surface area contributed by atoms with Crippen molar-refractivity contribution in [3.05, 3.63) is 29.6 Å². The van der Waals surface area contributed by atoms with Gasteiger partial charge in [-0.3, -0.25) is 0 Å². The first-order valence-electron chi connectivity index (χ1n) is 6.70. The van der Waals surface area contributed by atoms with Crippen LogP contribution in [0.5, 0.6) is 5.75 Å². The molecular weight excluding hydrogens is 281 g/mol. The third kappa shape index (κ3) is 3.93. The van der Waals surface area contributed by atoms with Gasteiger partial charge in [0.25, 0.3) is 0 Å². The summed E-state index contributed by atoms with van der Waals surface area (Å²) in [7, 11) is -3.13. The lowest BCUT2D eigenvalue weighted by Crippen LogP contribution is -2.40. The van der Waals surface area contributed by atoms with Gasteiger partial charge in [-0.15, -0.1) is 0 Å². The fraction of sp³-hybridized carbons (Fsp3) is 0.571. The molecule has 20 heavy (non-hydrogen) atoms. The summed E-state index contributed by atoms with van der Waals surface area (Å²) in [6.07, 6.45) is 3.04. The molecule has 0 spiro atoms. The minimum atomic E-state index is -3.13. The molecule has 0 aromatic heterocycles. The van der Waals surface area contributed by atoms with Gasteiger partial charge in [-0.1, -0.05) is 0 Å². The molecule has 1 heterocycles. The van der Waals surface area contributed by atoms with E-state index in [9.17, 15) is 12.8 Å². The van der Waals surface area contributed by atoms with Crippen LogP contribution >= 0.6 is 0 Å². The van der Waals surface area contributed by atoms with Gasteiger partial charge >= 0.3 is 0 Å². The number of rotatable bonds is 4. The zero-order chi connectivity index (χ0) is 14.8. The second kappa shape index (κ2) is 6.10. The normalized spacial score (nSPS) is 20.9. The molecule has 1 aliphatic heterocycles. The molecule has 0 N–H and O–H groups in total. The van der Waals surface area contributed by atoms with E-state index in [1.807, 2.05) is 0 Å². The van der Waals surface area contributed by atoms with E-state index in [1.54, 1.807) is 13.0 Å². The summed E-state index contributed by atoms with van der Waals surface area (Å²) in [6, 6.07) is 4.41. The van der Waals surface area contributed by atoms with Crippen molar-refractivity contribution in [2.24, 2.45) is 5.92 Å². The molecule has 0 bridgehead atoms. The molecule has 1 fully saturated rings. The Bertz CT molecular complexity index is 574. The lowest BCUT2D eigenvalue weighted by atomic mass is 10.0. The Kier molecular flexibility index (Phi) is 4.65. The molecule has 1 atom stereocenters. The largest absolute Gasteiger partial charge is 0.493 e. The number of nitrogens with zero attached hydrogens (tertiary/aromatic N) is 1. The van der Waals surface area contributed by atoms with E-state index < -0.39 is 10.0 Å². The molecule has 1 aromatic carbocycles. The average Bonchev–Trinajstić information content (AvgIpc) is 2.37. The number of benzene rings is 1. The fourth-order valence-corrected chi connectivity index (χ4v) is 3.39. The van der Waals surface area contributed by atoms with Crippen molar-refractivity contribution in [3.8, 4) is 5.75 Å². The van der Waals surface area contributed by atoms with Gasteiger partial charge in [0.2, 0.25) is 10.0 Å². The molecular formula is C14H20FNO3S. The van der Waals surface area contributed by atoms with Gasteiger partial charge in [0, 0.05) is 19.0 Å². The predicted molar refractivity (Wildman–Crippen MR) is 75.8 cm³/mol. The Morgan fingerprint density at radius 3 is 2.85 bits per heavy atom. The molecule has 112 valence electrons. The molecule has 0 saturated carbocycles. The quantitative estimate of drug-likeness (QED) is 0.856. The monoisotopic (exact) mass is 301 g/mol. The third-order valence-corrected chi connectivity index (χ3v) is 4.83. The second-order valence-corrected chi connectivity index (χ2v) is 7.33. The molecule has 1 aliphatic rings. The van der Waals surface area contributed by atoms with E-state index in [-0.39, 0.29) is 11.7 Å². The summed E-state index contributed by atoms with van der Waals surface area (Å²) >= 11 is 0. The minimum Gasteiger partial charge on any atom is -0.493 e. The van der Waals surface area contributed by atoms with Crippen LogP contribution in [0.1, 0.15) is 18.4 Å². The third-order valence-electron chi connectivity index (χ3n) is 3.56. The molecule has 1 aromatic rings. The van der Waals surface area contributed by atoms with Crippen molar-refractivity contribution < 1.29 is 17.5 Å². The maximum atomic E-state index is 13.0. The first-order chi connectivity index (χ1) is 9.36. The number of hydrogen-bond donors (Lipinski definition) is 0. The van der Waals surface area contributed by atoms with Crippen LogP contribution < -0.4 is 4.74 Å². The number of hydrogen-bond acceptors (Lipinski definition) is 3. The second-order valence-electron chi connectivity index (χ2n) is 5.35. The van der Waals surface area contributed by atoms with Gasteiger partial charge in [0.05, 0.1) is 12.9 Å². The molecule has 2 rings (SSSR count). The van der Waals surface area contributed by atoms with Gasteiger partial charge in [0.1, 0.15) is 11.6 Å². The van der Waals surface area contributed by atoms with E-state index in [4.69, 9.17) is 4.74 Å². The first kappa shape index (κ1) is 15.3. The summed E-state index contributed by atoms with van der Waals surface area (Å²) in [5.74, 6) is 0.557. The summed E-state index contributed by atoms with van der Waals surface area (Å²) in [6.45, 7) is 3.34. The van der Waals surface area contributed by atoms with Crippen LogP contribution in [0, 0.1) is 18.7 Å². The summed E-state index contributed by atoms with van der Waals surface area (Å²) in [4.78, 5) is 0. The van der Waals surface area contributed by atoms with Crippen molar-refractivity contribution in [2.75, 3.05) is 26.0 Å². The summed E-state index contributed by atoms with van der Waals surface area (Å²) in [5, 5.41) is 0. The van der Waals surface area contributed by atoms with Gasteiger partial charge in [0.15, 0.2) is 0 Å². The Morgan fingerprint density at radius 2 is 2.20 bits per heavy atom. The van der Waals surface area contributed by atoms with Crippen LogP contribution in [0.25, 0.3) is 0 Å². The molecule has 0 aliphatic carbocycles. The molecule has 1 saturated heterocycles. The fourth-order valence-electron chi connectivity index (χ4n) is 2.45. The standard InChI is InChI=1S/C14H20FNO3S/c1-11-8-13(15)5-6-14(11)19-10-12-4-3-7-16(9-12)20(2,17)18/h5-6,8,12H,3-4,7,9-10H2,1-2H3. The van der Waals surface area contributed by atoms with Crippen LogP contribution in [0.4, 0.5) is 4.39 Å². The number of halogens is 1. The van der Waals surface area contributed by atoms with Crippen LogP contribution in [-0.2, 0) is 10.0 Å². The SMILES string of the molecule is Cc1cc(F)ccc1OCC1CCCN(S(C)(=O)=O)C1. The Hall–Kier alpha value is -1.14. The van der Waals surface area contributed by atoms with E-state index in [0.29, 0.717) is 25.4 Å². The van der Waals surface area contributed by atoms with Crippen LogP contribution in [0.3, 0.4) is 0 Å². The Labute approximate surface area is 119 Å². The van der Waals surface area contributed by atoms with Crippen molar-refractivity contribution >= 4 is 10.0 Å². The zero-order valence-corrected chi connectivity index (χ0v) is 12.6. The van der Waals surface area contributed by atoms with Crippen molar-refractivity contribution in [1.29, 1.82) is 0 Å². The highest BCUT2D eigenvalue weighted by Crippen LogP contribution is 2.23. The molecule has 0 amide bonds. The maximum absolute atomic E-state index is 13.0. The molecule has 1 unspecified atom stereocenters. The number of aryl methyl sites for hydroxylation is 1. The smallest absolute Gasteiger partial charge is 0.211 e. The van der Waals surface area contributed by atoms with Crippen molar-refractivity contribution in [3.63, 3.8) is 0 Å². The van der Waals surface area contributed by atoms with Crippen LogP contribution in [-0.4, -0.2) is 38.7 Å². The highest BCUT2D eigenvalue weighted by Gasteiger charge is 2.26. The molecule has 4 nitrogen and oxygen atoms in total. The topological polar surface area (TPSA) is 46.6 Å². The van der Waals surface area contributed by atoms with Crippen molar-refractivity contribution in [2.45, 2.75) is 19.8 Å². The maximum Gasteiger partial charge on any atom is 0.211 e. The first-order valence-corrected chi connectivity index (χ1v) is 8.55. The van der Waals surface area contributed by atoms with Crippen LogP contribution in [0.2, 0.25) is 0 Å². The predicted octanol–water partition coefficient (Wildman–Crippen LogP) is 2.18. The summed E-state index contributed by atoms with van der Waals surface area (Å²) < 4.78 is 43.3. The highest BCUT2D eigenvalue weighted by molar-refractivity contribution is 7.88. The zero-order valence-electron chi connectivity index (χ0n) is 11.8. The summed E-state index contributed by atoms with van der Waals surface area (Å²) in [5.41, 5.74) is 0.751. The highest BCUT2D eigenvalue weighted by atomic mass is 32.2. The Balaban J connectivity index is 1.94. The lowest BCUT2D eigenvalue weighted by Gasteiger charge is -2.30. The van der Waals surface area contributed by atoms with E-state index in [2.05, 4.69) is 0 Å². The minimum absolute atomic E-state index is 0.183. The van der Waals surface area contributed by atoms with E-state index in [0.717, 1.165) is 18.4 Å².